The number of ether oxygens (including phenoxy) is 1. The van der Waals surface area contributed by atoms with Crippen molar-refractivity contribution in [3.05, 3.63) is 64.5 Å². The highest BCUT2D eigenvalue weighted by atomic mass is 32.2. The maximum Gasteiger partial charge on any atom is 0.260 e. The molecular weight excluding hydrogens is 375 g/mol. The molecule has 1 saturated heterocycles. The normalized spacial score (nSPS) is 21.2. The highest BCUT2D eigenvalue weighted by Gasteiger charge is 2.32. The van der Waals surface area contributed by atoms with Crippen molar-refractivity contribution in [2.45, 2.75) is 13.0 Å². The lowest BCUT2D eigenvalue weighted by Crippen LogP contribution is -2.34. The predicted molar refractivity (Wildman–Crippen MR) is 111 cm³/mol. The summed E-state index contributed by atoms with van der Waals surface area (Å²) in [6.07, 6.45) is 1.01. The summed E-state index contributed by atoms with van der Waals surface area (Å²) in [4.78, 5) is 15.0. The molecule has 0 unspecified atom stereocenters. The molecule has 0 radical (unpaired) electrons. The number of carbonyl (C=O) groups is 1. The van der Waals surface area contributed by atoms with E-state index >= 15 is 0 Å². The molecule has 1 fully saturated rings. The largest absolute Gasteiger partial charge is 0.487 e. The fourth-order valence-corrected chi connectivity index (χ4v) is 5.03. The van der Waals surface area contributed by atoms with Crippen LogP contribution in [-0.2, 0) is 22.6 Å². The average Bonchev–Trinajstić information content (AvgIpc) is 3.26. The van der Waals surface area contributed by atoms with E-state index in [1.165, 1.54) is 42.3 Å². The molecular formula is C22H21FN2O2S. The molecule has 2 aromatic carbocycles. The first-order chi connectivity index (χ1) is 13.7. The lowest BCUT2D eigenvalue weighted by molar-refractivity contribution is -0.110. The first-order valence-corrected chi connectivity index (χ1v) is 10.7. The van der Waals surface area contributed by atoms with Crippen LogP contribution in [0.15, 0.2) is 36.4 Å². The van der Waals surface area contributed by atoms with Crippen LogP contribution in [0.4, 0.5) is 10.1 Å². The second kappa shape index (κ2) is 7.26. The lowest BCUT2D eigenvalue weighted by Gasteiger charge is -2.26. The standard InChI is InChI=1S/C22H21FN2O2S/c23-16-2-4-19-18(12-16)20(22(26)24-19)21-17-3-1-14(11-15(17)13-27-21)5-6-25-7-9-28-10-8-25/h1-4,11-12H,5-10,13H2,(H,24,26). The van der Waals surface area contributed by atoms with E-state index in [-0.39, 0.29) is 11.7 Å². The van der Waals surface area contributed by atoms with Gasteiger partial charge >= 0.3 is 0 Å². The van der Waals surface area contributed by atoms with Gasteiger partial charge in [-0.25, -0.2) is 4.39 Å². The van der Waals surface area contributed by atoms with Crippen LogP contribution in [0, 0.1) is 5.82 Å². The lowest BCUT2D eigenvalue weighted by atomic mass is 9.98. The SMILES string of the molecule is O=C1Nc2ccc(F)cc2C1=C1OCc2cc(CCN3CCSCC3)ccc21. The van der Waals surface area contributed by atoms with Crippen molar-refractivity contribution in [2.75, 3.05) is 36.5 Å². The number of hydrogen-bond donors (Lipinski definition) is 1. The molecule has 2 aromatic rings. The van der Waals surface area contributed by atoms with Gasteiger partial charge in [0.1, 0.15) is 18.2 Å². The van der Waals surface area contributed by atoms with Crippen LogP contribution >= 0.6 is 11.8 Å². The molecule has 28 heavy (non-hydrogen) atoms. The highest BCUT2D eigenvalue weighted by Crippen LogP contribution is 2.41. The molecule has 0 saturated carbocycles. The number of hydrogen-bond acceptors (Lipinski definition) is 4. The molecule has 0 aromatic heterocycles. The number of benzene rings is 2. The summed E-state index contributed by atoms with van der Waals surface area (Å²) in [6, 6.07) is 10.7. The van der Waals surface area contributed by atoms with Gasteiger partial charge < -0.3 is 15.0 Å². The summed E-state index contributed by atoms with van der Waals surface area (Å²) in [7, 11) is 0. The number of thioether (sulfide) groups is 1. The summed E-state index contributed by atoms with van der Waals surface area (Å²) >= 11 is 2.03. The second-order valence-electron chi connectivity index (χ2n) is 7.33. The Kier molecular flexibility index (Phi) is 4.61. The maximum atomic E-state index is 13.7. The van der Waals surface area contributed by atoms with Gasteiger partial charge in [0.05, 0.1) is 5.57 Å². The van der Waals surface area contributed by atoms with Gasteiger partial charge in [-0.15, -0.1) is 0 Å². The van der Waals surface area contributed by atoms with E-state index in [0.717, 1.165) is 24.1 Å². The summed E-state index contributed by atoms with van der Waals surface area (Å²) in [5.41, 5.74) is 4.93. The number of halogens is 1. The third-order valence-corrected chi connectivity index (χ3v) is 6.50. The topological polar surface area (TPSA) is 41.6 Å². The highest BCUT2D eigenvalue weighted by molar-refractivity contribution is 7.99. The van der Waals surface area contributed by atoms with Crippen molar-refractivity contribution in [1.29, 1.82) is 0 Å². The molecule has 0 bridgehead atoms. The van der Waals surface area contributed by atoms with Crippen LogP contribution < -0.4 is 5.32 Å². The summed E-state index contributed by atoms with van der Waals surface area (Å²) in [5, 5.41) is 2.80. The summed E-state index contributed by atoms with van der Waals surface area (Å²) < 4.78 is 19.6. The third-order valence-electron chi connectivity index (χ3n) is 5.56. The second-order valence-corrected chi connectivity index (χ2v) is 8.56. The minimum absolute atomic E-state index is 0.240. The Balaban J connectivity index is 1.42. The van der Waals surface area contributed by atoms with E-state index in [4.69, 9.17) is 4.74 Å². The Morgan fingerprint density at radius 1 is 1.11 bits per heavy atom. The number of anilines is 1. The number of rotatable bonds is 3. The quantitative estimate of drug-likeness (QED) is 0.802. The zero-order chi connectivity index (χ0) is 19.1. The molecule has 3 aliphatic heterocycles. The van der Waals surface area contributed by atoms with E-state index < -0.39 is 0 Å². The van der Waals surface area contributed by atoms with E-state index in [0.29, 0.717) is 29.2 Å². The number of fused-ring (bicyclic) bond motifs is 2. The van der Waals surface area contributed by atoms with Crippen molar-refractivity contribution in [2.24, 2.45) is 0 Å². The fourth-order valence-electron chi connectivity index (χ4n) is 4.05. The number of amides is 1. The fraction of sp³-hybridized carbons (Fsp3) is 0.318. The molecule has 0 spiro atoms. The van der Waals surface area contributed by atoms with E-state index in [9.17, 15) is 9.18 Å². The Hall–Kier alpha value is -2.31. The molecule has 0 atom stereocenters. The van der Waals surface area contributed by atoms with Crippen molar-refractivity contribution in [3.63, 3.8) is 0 Å². The van der Waals surface area contributed by atoms with E-state index in [1.54, 1.807) is 6.07 Å². The summed E-state index contributed by atoms with van der Waals surface area (Å²) in [6.45, 7) is 3.85. The first-order valence-electron chi connectivity index (χ1n) is 9.60. The number of nitrogens with zero attached hydrogens (tertiary/aromatic N) is 1. The molecule has 144 valence electrons. The van der Waals surface area contributed by atoms with Crippen molar-refractivity contribution >= 4 is 34.7 Å². The van der Waals surface area contributed by atoms with E-state index in [2.05, 4.69) is 22.3 Å². The smallest absolute Gasteiger partial charge is 0.260 e. The van der Waals surface area contributed by atoms with Crippen LogP contribution in [0.1, 0.15) is 22.3 Å². The van der Waals surface area contributed by atoms with Crippen LogP contribution in [0.25, 0.3) is 11.3 Å². The number of carbonyl (C=O) groups excluding carboxylic acids is 1. The Morgan fingerprint density at radius 3 is 2.82 bits per heavy atom. The molecule has 3 heterocycles. The monoisotopic (exact) mass is 396 g/mol. The Bertz CT molecular complexity index is 982. The minimum atomic E-state index is -0.363. The van der Waals surface area contributed by atoms with Crippen LogP contribution in [0.2, 0.25) is 0 Å². The summed E-state index contributed by atoms with van der Waals surface area (Å²) in [5.74, 6) is 2.39. The van der Waals surface area contributed by atoms with Crippen molar-refractivity contribution in [3.8, 4) is 0 Å². The van der Waals surface area contributed by atoms with Gasteiger partial charge in [0, 0.05) is 53.5 Å². The molecule has 5 rings (SSSR count). The Labute approximate surface area is 167 Å². The Morgan fingerprint density at radius 2 is 1.96 bits per heavy atom. The van der Waals surface area contributed by atoms with Gasteiger partial charge in [0.15, 0.2) is 0 Å². The van der Waals surface area contributed by atoms with Crippen molar-refractivity contribution in [1.82, 2.24) is 4.90 Å². The molecule has 1 amide bonds. The first kappa shape index (κ1) is 17.8. The van der Waals surface area contributed by atoms with Crippen LogP contribution in [0.5, 0.6) is 0 Å². The average molecular weight is 396 g/mol. The maximum absolute atomic E-state index is 13.7. The van der Waals surface area contributed by atoms with Gasteiger partial charge in [-0.3, -0.25) is 4.79 Å². The van der Waals surface area contributed by atoms with Gasteiger partial charge in [-0.2, -0.15) is 11.8 Å². The molecule has 3 aliphatic rings. The zero-order valence-corrected chi connectivity index (χ0v) is 16.3. The zero-order valence-electron chi connectivity index (χ0n) is 15.5. The van der Waals surface area contributed by atoms with Gasteiger partial charge in [-0.1, -0.05) is 18.2 Å². The molecule has 0 aliphatic carbocycles. The molecule has 1 N–H and O–H groups in total. The van der Waals surface area contributed by atoms with E-state index in [1.807, 2.05) is 17.8 Å². The van der Waals surface area contributed by atoms with Gasteiger partial charge in [0.2, 0.25) is 0 Å². The van der Waals surface area contributed by atoms with Crippen LogP contribution in [0.3, 0.4) is 0 Å². The third kappa shape index (κ3) is 3.20. The van der Waals surface area contributed by atoms with Gasteiger partial charge in [-0.05, 0) is 30.2 Å². The van der Waals surface area contributed by atoms with Crippen molar-refractivity contribution < 1.29 is 13.9 Å². The number of nitrogens with one attached hydrogen (secondary N) is 1. The predicted octanol–water partition coefficient (Wildman–Crippen LogP) is 3.77. The minimum Gasteiger partial charge on any atom is -0.487 e. The molecule has 6 heteroatoms. The van der Waals surface area contributed by atoms with Crippen LogP contribution in [-0.4, -0.2) is 41.9 Å². The van der Waals surface area contributed by atoms with Gasteiger partial charge in [0.25, 0.3) is 5.91 Å². The molecule has 4 nitrogen and oxygen atoms in total.